The molecule has 5 rings (SSSR count). The number of ether oxygens (including phenoxy) is 1. The monoisotopic (exact) mass is 527 g/mol. The van der Waals surface area contributed by atoms with Crippen LogP contribution in [0.25, 0.3) is 22.0 Å². The third-order valence-electron chi connectivity index (χ3n) is 6.71. The second kappa shape index (κ2) is 10.6. The molecule has 1 amide bonds. The van der Waals surface area contributed by atoms with Gasteiger partial charge >= 0.3 is 5.97 Å². The van der Waals surface area contributed by atoms with Crippen LogP contribution in [0.5, 0.6) is 5.75 Å². The number of pyridine rings is 1. The van der Waals surface area contributed by atoms with Gasteiger partial charge in [0.2, 0.25) is 5.91 Å². The summed E-state index contributed by atoms with van der Waals surface area (Å²) in [7, 11) is 1.59. The number of carbonyl (C=O) groups is 2. The van der Waals surface area contributed by atoms with Crippen molar-refractivity contribution in [3.8, 4) is 16.9 Å². The van der Waals surface area contributed by atoms with Crippen LogP contribution in [0.1, 0.15) is 42.1 Å². The van der Waals surface area contributed by atoms with Crippen LogP contribution >= 0.6 is 11.6 Å². The summed E-state index contributed by atoms with van der Waals surface area (Å²) < 4.78 is 5.60. The van der Waals surface area contributed by atoms with Gasteiger partial charge in [-0.1, -0.05) is 60.1 Å². The first-order valence-corrected chi connectivity index (χ1v) is 12.6. The number of benzene rings is 3. The maximum absolute atomic E-state index is 13.3. The summed E-state index contributed by atoms with van der Waals surface area (Å²) in [4.78, 5) is 29.4. The molecule has 1 aromatic heterocycles. The number of carboxylic acids is 1. The van der Waals surface area contributed by atoms with Gasteiger partial charge in [-0.2, -0.15) is 5.10 Å². The Morgan fingerprint density at radius 3 is 2.45 bits per heavy atom. The maximum atomic E-state index is 13.3. The Morgan fingerprint density at radius 2 is 1.71 bits per heavy atom. The summed E-state index contributed by atoms with van der Waals surface area (Å²) in [5.74, 6) is -0.760. The molecule has 0 saturated heterocycles. The normalized spacial score (nSPS) is 15.0. The van der Waals surface area contributed by atoms with Gasteiger partial charge in [0.15, 0.2) is 0 Å². The van der Waals surface area contributed by atoms with Crippen LogP contribution in [0, 0.1) is 6.92 Å². The smallest absolute Gasteiger partial charge is 0.303 e. The summed E-state index contributed by atoms with van der Waals surface area (Å²) in [6, 6.07) is 22.6. The van der Waals surface area contributed by atoms with Gasteiger partial charge in [0.25, 0.3) is 0 Å². The Balaban J connectivity index is 1.69. The summed E-state index contributed by atoms with van der Waals surface area (Å²) in [5.41, 5.74) is 5.90. The van der Waals surface area contributed by atoms with E-state index in [0.717, 1.165) is 38.9 Å². The van der Waals surface area contributed by atoms with Crippen molar-refractivity contribution in [2.45, 2.75) is 32.2 Å². The first-order chi connectivity index (χ1) is 18.4. The Labute approximate surface area is 225 Å². The number of aliphatic carboxylic acids is 1. The molecule has 0 bridgehead atoms. The van der Waals surface area contributed by atoms with E-state index in [1.165, 1.54) is 5.01 Å². The van der Waals surface area contributed by atoms with Crippen LogP contribution in [0.2, 0.25) is 5.02 Å². The molecule has 0 saturated carbocycles. The zero-order valence-corrected chi connectivity index (χ0v) is 21.8. The molecule has 0 aliphatic carbocycles. The van der Waals surface area contributed by atoms with Crippen LogP contribution in [0.4, 0.5) is 0 Å². The number of hydrogen-bond donors (Lipinski definition) is 1. The number of halogens is 1. The topological polar surface area (TPSA) is 92.1 Å². The molecular weight excluding hydrogens is 502 g/mol. The first-order valence-electron chi connectivity index (χ1n) is 12.3. The lowest BCUT2D eigenvalue weighted by Crippen LogP contribution is -2.27. The van der Waals surface area contributed by atoms with Crippen LogP contribution in [0.15, 0.2) is 77.9 Å². The average molecular weight is 528 g/mol. The number of rotatable bonds is 7. The summed E-state index contributed by atoms with van der Waals surface area (Å²) in [5, 5.41) is 17.0. The first kappa shape index (κ1) is 25.4. The number of hydrogen-bond acceptors (Lipinski definition) is 5. The number of amides is 1. The van der Waals surface area contributed by atoms with Crippen molar-refractivity contribution in [3.63, 3.8) is 0 Å². The van der Waals surface area contributed by atoms with Gasteiger partial charge in [-0.25, -0.2) is 5.01 Å². The van der Waals surface area contributed by atoms with Gasteiger partial charge in [-0.3, -0.25) is 14.6 Å². The minimum Gasteiger partial charge on any atom is -0.496 e. The fourth-order valence-corrected chi connectivity index (χ4v) is 5.13. The van der Waals surface area contributed by atoms with Crippen molar-refractivity contribution in [1.82, 2.24) is 9.99 Å². The zero-order chi connectivity index (χ0) is 26.8. The highest BCUT2D eigenvalue weighted by Gasteiger charge is 2.36. The predicted molar refractivity (Wildman–Crippen MR) is 148 cm³/mol. The fraction of sp³-hybridized carbons (Fsp3) is 0.200. The Morgan fingerprint density at radius 1 is 1.00 bits per heavy atom. The van der Waals surface area contributed by atoms with Gasteiger partial charge in [-0.05, 0) is 36.8 Å². The summed E-state index contributed by atoms with van der Waals surface area (Å²) in [6.07, 6.45) is -0.0111. The van der Waals surface area contributed by atoms with E-state index < -0.39 is 12.0 Å². The van der Waals surface area contributed by atoms with Gasteiger partial charge in [0.05, 0.1) is 30.8 Å². The Bertz CT molecular complexity index is 1570. The number of nitrogens with zero attached hydrogens (tertiary/aromatic N) is 3. The van der Waals surface area contributed by atoms with Gasteiger partial charge in [0, 0.05) is 45.6 Å². The number of methoxy groups -OCH3 is 1. The van der Waals surface area contributed by atoms with E-state index in [-0.39, 0.29) is 18.7 Å². The fourth-order valence-electron chi connectivity index (χ4n) is 5.01. The van der Waals surface area contributed by atoms with Crippen molar-refractivity contribution in [3.05, 3.63) is 94.6 Å². The van der Waals surface area contributed by atoms with Crippen LogP contribution < -0.4 is 4.74 Å². The van der Waals surface area contributed by atoms with Crippen molar-refractivity contribution in [2.75, 3.05) is 7.11 Å². The number of hydrazone groups is 1. The maximum Gasteiger partial charge on any atom is 0.303 e. The lowest BCUT2D eigenvalue weighted by atomic mass is 9.89. The van der Waals surface area contributed by atoms with Crippen LogP contribution in [-0.2, 0) is 9.59 Å². The van der Waals surface area contributed by atoms with E-state index in [1.807, 2.05) is 79.7 Å². The van der Waals surface area contributed by atoms with Crippen molar-refractivity contribution < 1.29 is 19.4 Å². The molecule has 0 radical (unpaired) electrons. The van der Waals surface area contributed by atoms with Gasteiger partial charge in [0.1, 0.15) is 5.75 Å². The molecule has 1 aliphatic rings. The van der Waals surface area contributed by atoms with E-state index in [9.17, 15) is 14.7 Å². The number of carboxylic acid groups (broad SMARTS) is 1. The number of fused-ring (bicyclic) bond motifs is 1. The molecule has 7 nitrogen and oxygen atoms in total. The van der Waals surface area contributed by atoms with E-state index >= 15 is 0 Å². The highest BCUT2D eigenvalue weighted by molar-refractivity contribution is 6.30. The molecule has 192 valence electrons. The van der Waals surface area contributed by atoms with Gasteiger partial charge in [-0.15, -0.1) is 0 Å². The largest absolute Gasteiger partial charge is 0.496 e. The number of carbonyl (C=O) groups excluding carboxylic acids is 1. The summed E-state index contributed by atoms with van der Waals surface area (Å²) >= 11 is 6.20. The number of para-hydroxylation sites is 2. The highest BCUT2D eigenvalue weighted by Crippen LogP contribution is 2.41. The number of aromatic nitrogens is 1. The Kier molecular flexibility index (Phi) is 7.11. The predicted octanol–water partition coefficient (Wildman–Crippen LogP) is 6.41. The van der Waals surface area contributed by atoms with Crippen molar-refractivity contribution >= 4 is 40.1 Å². The molecule has 1 aliphatic heterocycles. The van der Waals surface area contributed by atoms with E-state index in [2.05, 4.69) is 0 Å². The van der Waals surface area contributed by atoms with E-state index in [1.54, 1.807) is 7.11 Å². The summed E-state index contributed by atoms with van der Waals surface area (Å²) in [6.45, 7) is 1.94. The SMILES string of the molecule is COc1ccccc1C1CC(c2c(C)nc3ccccc3c2-c2ccc(Cl)cc2)=NN1C(=O)CCC(=O)O. The molecular formula is C30H26ClN3O4. The third-order valence-corrected chi connectivity index (χ3v) is 6.96. The van der Waals surface area contributed by atoms with Crippen molar-refractivity contribution in [2.24, 2.45) is 5.10 Å². The molecule has 1 N–H and O–H groups in total. The third kappa shape index (κ3) is 4.85. The van der Waals surface area contributed by atoms with Crippen LogP contribution in [-0.4, -0.2) is 39.8 Å². The number of aryl methyl sites for hydroxylation is 1. The highest BCUT2D eigenvalue weighted by atomic mass is 35.5. The standard InChI is InChI=1S/C30H26ClN3O4/c1-18-29(30(19-11-13-20(31)14-12-19)21-7-3-5-9-23(21)32-18)24-17-25(22-8-4-6-10-26(22)38-2)34(33-24)27(35)15-16-28(36)37/h3-14,25H,15-17H2,1-2H3,(H,36,37). The molecule has 0 spiro atoms. The average Bonchev–Trinajstić information content (AvgIpc) is 3.36. The molecule has 8 heteroatoms. The quantitative estimate of drug-likeness (QED) is 0.299. The second-order valence-electron chi connectivity index (χ2n) is 9.11. The minimum atomic E-state index is -1.03. The van der Waals surface area contributed by atoms with Crippen molar-refractivity contribution in [1.29, 1.82) is 0 Å². The lowest BCUT2D eigenvalue weighted by Gasteiger charge is -2.23. The molecule has 3 aromatic carbocycles. The van der Waals surface area contributed by atoms with E-state index in [4.69, 9.17) is 26.4 Å². The molecule has 4 aromatic rings. The van der Waals surface area contributed by atoms with Gasteiger partial charge < -0.3 is 9.84 Å². The van der Waals surface area contributed by atoms with Crippen LogP contribution in [0.3, 0.4) is 0 Å². The zero-order valence-electron chi connectivity index (χ0n) is 21.0. The molecule has 1 unspecified atom stereocenters. The second-order valence-corrected chi connectivity index (χ2v) is 9.55. The minimum absolute atomic E-state index is 0.156. The molecule has 1 atom stereocenters. The molecule has 38 heavy (non-hydrogen) atoms. The Hall–Kier alpha value is -4.23. The molecule has 2 heterocycles. The molecule has 0 fully saturated rings. The van der Waals surface area contributed by atoms with E-state index in [0.29, 0.717) is 22.9 Å². The lowest BCUT2D eigenvalue weighted by molar-refractivity contribution is -0.141.